The molecule has 0 radical (unpaired) electrons. The molecule has 0 aliphatic carbocycles. The van der Waals surface area contributed by atoms with Crippen molar-refractivity contribution in [3.63, 3.8) is 0 Å². The number of halogens is 2. The number of rotatable bonds is 8. The van der Waals surface area contributed by atoms with Crippen LogP contribution >= 0.6 is 33.9 Å². The first-order valence-corrected chi connectivity index (χ1v) is 14.7. The minimum atomic E-state index is -0.896. The third-order valence-corrected chi connectivity index (χ3v) is 8.19. The van der Waals surface area contributed by atoms with Crippen LogP contribution in [0.5, 0.6) is 11.5 Å². The van der Waals surface area contributed by atoms with Gasteiger partial charge < -0.3 is 14.2 Å². The zero-order chi connectivity index (χ0) is 29.8. The summed E-state index contributed by atoms with van der Waals surface area (Å²) in [6.07, 6.45) is 7.08. The number of esters is 1. The smallest absolute Gasteiger partial charge is 0.338 e. The van der Waals surface area contributed by atoms with Crippen LogP contribution in [0, 0.1) is 21.7 Å². The normalized spacial score (nSPS) is 14.5. The van der Waals surface area contributed by atoms with Crippen LogP contribution in [0.1, 0.15) is 29.7 Å². The van der Waals surface area contributed by atoms with Gasteiger partial charge in [-0.05, 0) is 71.0 Å². The monoisotopic (exact) mass is 694 g/mol. The van der Waals surface area contributed by atoms with E-state index in [2.05, 4.69) is 28.5 Å². The van der Waals surface area contributed by atoms with Gasteiger partial charge in [-0.2, -0.15) is 0 Å². The Hall–Kier alpha value is -4.21. The van der Waals surface area contributed by atoms with Gasteiger partial charge in [0.25, 0.3) is 5.56 Å². The molecule has 7 nitrogen and oxygen atoms in total. The summed E-state index contributed by atoms with van der Waals surface area (Å²) in [6, 6.07) is 17.7. The molecule has 0 N–H and O–H groups in total. The minimum absolute atomic E-state index is 0.0836. The summed E-state index contributed by atoms with van der Waals surface area (Å²) in [6.45, 7) is 1.92. The molecule has 0 unspecified atom stereocenters. The number of thiazole rings is 1. The van der Waals surface area contributed by atoms with Crippen molar-refractivity contribution in [3.8, 4) is 23.8 Å². The SMILES string of the molecule is C#CCOc1c(I)cc(/C=c2\sc3n(c2=O)[C@H](c2ccc(F)cc2)C(C(=O)OCC)=C(c2ccccc2)N=3)cc1OC. The summed E-state index contributed by atoms with van der Waals surface area (Å²) < 4.78 is 33.2. The van der Waals surface area contributed by atoms with Crippen LogP contribution in [0.4, 0.5) is 4.39 Å². The van der Waals surface area contributed by atoms with Gasteiger partial charge in [0.1, 0.15) is 12.4 Å². The Morgan fingerprint density at radius 2 is 1.93 bits per heavy atom. The maximum atomic E-state index is 14.0. The van der Waals surface area contributed by atoms with Crippen LogP contribution in [0.25, 0.3) is 11.8 Å². The highest BCUT2D eigenvalue weighted by atomic mass is 127. The number of carbonyl (C=O) groups is 1. The number of fused-ring (bicyclic) bond motifs is 1. The fraction of sp³-hybridized carbons (Fsp3) is 0.156. The van der Waals surface area contributed by atoms with Crippen LogP contribution in [0.2, 0.25) is 0 Å². The Morgan fingerprint density at radius 3 is 2.60 bits per heavy atom. The Kier molecular flexibility index (Phi) is 8.89. The summed E-state index contributed by atoms with van der Waals surface area (Å²) in [4.78, 5) is 32.7. The molecule has 2 heterocycles. The first kappa shape index (κ1) is 29.3. The number of hydrogen-bond donors (Lipinski definition) is 0. The molecule has 0 saturated carbocycles. The fourth-order valence-electron chi connectivity index (χ4n) is 4.63. The van der Waals surface area contributed by atoms with Crippen LogP contribution < -0.4 is 24.4 Å². The molecule has 1 aromatic heterocycles. The van der Waals surface area contributed by atoms with Crippen molar-refractivity contribution in [1.29, 1.82) is 0 Å². The third-order valence-electron chi connectivity index (χ3n) is 6.41. The van der Waals surface area contributed by atoms with Gasteiger partial charge in [0.2, 0.25) is 0 Å². The summed E-state index contributed by atoms with van der Waals surface area (Å²) in [5.74, 6) is 2.38. The third kappa shape index (κ3) is 5.75. The Labute approximate surface area is 258 Å². The molecule has 0 amide bonds. The van der Waals surface area contributed by atoms with Gasteiger partial charge in [-0.25, -0.2) is 14.2 Å². The zero-order valence-corrected chi connectivity index (χ0v) is 25.6. The van der Waals surface area contributed by atoms with E-state index >= 15 is 0 Å². The summed E-state index contributed by atoms with van der Waals surface area (Å²) in [5, 5.41) is 0. The van der Waals surface area contributed by atoms with E-state index in [0.717, 1.165) is 3.57 Å². The first-order valence-electron chi connectivity index (χ1n) is 12.8. The highest BCUT2D eigenvalue weighted by molar-refractivity contribution is 14.1. The second-order valence-electron chi connectivity index (χ2n) is 9.01. The molecule has 1 aliphatic heterocycles. The van der Waals surface area contributed by atoms with Crippen LogP contribution in [0.3, 0.4) is 0 Å². The lowest BCUT2D eigenvalue weighted by Crippen LogP contribution is -2.40. The number of hydrogen-bond acceptors (Lipinski definition) is 7. The topological polar surface area (TPSA) is 79.1 Å². The molecule has 42 heavy (non-hydrogen) atoms. The molecule has 3 aromatic carbocycles. The van der Waals surface area contributed by atoms with Gasteiger partial charge in [0.05, 0.1) is 39.1 Å². The lowest BCUT2D eigenvalue weighted by Gasteiger charge is -2.25. The Morgan fingerprint density at radius 1 is 1.19 bits per heavy atom. The van der Waals surface area contributed by atoms with Crippen molar-refractivity contribution in [3.05, 3.63) is 118 Å². The second-order valence-corrected chi connectivity index (χ2v) is 11.2. The zero-order valence-electron chi connectivity index (χ0n) is 22.6. The van der Waals surface area contributed by atoms with E-state index in [0.29, 0.717) is 43.2 Å². The van der Waals surface area contributed by atoms with Gasteiger partial charge in [-0.1, -0.05) is 59.7 Å². The standard InChI is InChI=1S/C32H24FIN2O5S/c1-4-15-41-29-23(34)16-19(17-24(29)39-3)18-25-30(37)36-28(21-11-13-22(33)14-12-21)26(31(38)40-5-2)27(35-32(36)42-25)20-9-7-6-8-10-20/h1,6-14,16-18,28H,5,15H2,2-3H3/b25-18-/t28-/m1/s1. The van der Waals surface area contributed by atoms with Gasteiger partial charge in [-0.15, -0.1) is 6.42 Å². The summed E-state index contributed by atoms with van der Waals surface area (Å²) >= 11 is 3.31. The molecule has 0 spiro atoms. The number of ether oxygens (including phenoxy) is 3. The van der Waals surface area contributed by atoms with Crippen molar-refractivity contribution in [2.75, 3.05) is 20.3 Å². The quantitative estimate of drug-likeness (QED) is 0.152. The van der Waals surface area contributed by atoms with E-state index in [9.17, 15) is 14.0 Å². The molecule has 10 heteroatoms. The minimum Gasteiger partial charge on any atom is -0.493 e. The maximum Gasteiger partial charge on any atom is 0.338 e. The average molecular weight is 695 g/mol. The predicted octanol–water partition coefficient (Wildman–Crippen LogP) is 4.70. The number of carbonyl (C=O) groups excluding carboxylic acids is 1. The molecule has 0 saturated heterocycles. The summed E-state index contributed by atoms with van der Waals surface area (Å²) in [7, 11) is 1.52. The van der Waals surface area contributed by atoms with Gasteiger partial charge >= 0.3 is 5.97 Å². The molecular formula is C32H24FIN2O5S. The van der Waals surface area contributed by atoms with E-state index in [4.69, 9.17) is 25.6 Å². The second kappa shape index (κ2) is 12.8. The lowest BCUT2D eigenvalue weighted by atomic mass is 9.93. The van der Waals surface area contributed by atoms with Crippen molar-refractivity contribution in [2.24, 2.45) is 4.99 Å². The maximum absolute atomic E-state index is 14.0. The Bertz CT molecular complexity index is 1910. The van der Waals surface area contributed by atoms with Crippen molar-refractivity contribution in [1.82, 2.24) is 4.57 Å². The van der Waals surface area contributed by atoms with E-state index in [1.807, 2.05) is 36.4 Å². The largest absolute Gasteiger partial charge is 0.493 e. The van der Waals surface area contributed by atoms with Crippen molar-refractivity contribution >= 4 is 51.7 Å². The molecular weight excluding hydrogens is 670 g/mol. The average Bonchev–Trinajstić information content (AvgIpc) is 3.30. The highest BCUT2D eigenvalue weighted by Gasteiger charge is 2.35. The molecule has 0 fully saturated rings. The Balaban J connectivity index is 1.77. The van der Waals surface area contributed by atoms with Crippen molar-refractivity contribution < 1.29 is 23.4 Å². The summed E-state index contributed by atoms with van der Waals surface area (Å²) in [5.41, 5.74) is 2.15. The number of terminal acetylenes is 1. The van der Waals surface area contributed by atoms with E-state index < -0.39 is 17.8 Å². The van der Waals surface area contributed by atoms with E-state index in [1.165, 1.54) is 35.1 Å². The number of nitrogens with zero attached hydrogens (tertiary/aromatic N) is 2. The lowest BCUT2D eigenvalue weighted by molar-refractivity contribution is -0.138. The van der Waals surface area contributed by atoms with E-state index in [1.54, 1.807) is 31.2 Å². The predicted molar refractivity (Wildman–Crippen MR) is 167 cm³/mol. The molecule has 1 atom stereocenters. The highest BCUT2D eigenvalue weighted by Crippen LogP contribution is 2.36. The molecule has 4 aromatic rings. The molecule has 1 aliphatic rings. The number of methoxy groups -OCH3 is 1. The van der Waals surface area contributed by atoms with Gasteiger partial charge in [0, 0.05) is 5.56 Å². The number of aromatic nitrogens is 1. The fourth-order valence-corrected chi connectivity index (χ4v) is 6.41. The molecule has 212 valence electrons. The molecule has 0 bridgehead atoms. The molecule has 5 rings (SSSR count). The van der Waals surface area contributed by atoms with E-state index in [-0.39, 0.29) is 24.3 Å². The van der Waals surface area contributed by atoms with Crippen molar-refractivity contribution in [2.45, 2.75) is 13.0 Å². The van der Waals surface area contributed by atoms with Gasteiger partial charge in [0.15, 0.2) is 16.3 Å². The van der Waals surface area contributed by atoms with Gasteiger partial charge in [-0.3, -0.25) is 9.36 Å². The van der Waals surface area contributed by atoms with Crippen LogP contribution in [0.15, 0.2) is 82.1 Å². The van der Waals surface area contributed by atoms with Crippen LogP contribution in [-0.2, 0) is 9.53 Å². The van der Waals surface area contributed by atoms with Crippen LogP contribution in [-0.4, -0.2) is 30.9 Å². The number of benzene rings is 3. The first-order chi connectivity index (χ1) is 20.4.